The Morgan fingerprint density at radius 1 is 1.53 bits per heavy atom. The molecule has 96 valence electrons. The maximum absolute atomic E-state index is 4.25. The SMILES string of the molecule is CNCc1cncn1CC1CCN(C(C)C)C1. The Morgan fingerprint density at radius 2 is 2.35 bits per heavy atom. The molecule has 4 nitrogen and oxygen atoms in total. The average Bonchev–Trinajstić information content (AvgIpc) is 2.90. The van der Waals surface area contributed by atoms with Crippen LogP contribution in [0.4, 0.5) is 0 Å². The predicted molar refractivity (Wildman–Crippen MR) is 69.8 cm³/mol. The molecule has 0 amide bonds. The molecular formula is C13H24N4. The van der Waals surface area contributed by atoms with Gasteiger partial charge in [-0.2, -0.15) is 0 Å². The minimum absolute atomic E-state index is 0.680. The molecule has 1 aliphatic rings. The Labute approximate surface area is 104 Å². The fourth-order valence-electron chi connectivity index (χ4n) is 2.60. The van der Waals surface area contributed by atoms with Crippen molar-refractivity contribution in [2.45, 2.75) is 39.4 Å². The lowest BCUT2D eigenvalue weighted by atomic mass is 10.1. The molecular weight excluding hydrogens is 212 g/mol. The fourth-order valence-corrected chi connectivity index (χ4v) is 2.60. The van der Waals surface area contributed by atoms with Gasteiger partial charge in [-0.25, -0.2) is 4.98 Å². The van der Waals surface area contributed by atoms with Crippen molar-refractivity contribution in [1.82, 2.24) is 19.8 Å². The number of imidazole rings is 1. The number of hydrogen-bond acceptors (Lipinski definition) is 3. The van der Waals surface area contributed by atoms with Crippen molar-refractivity contribution in [2.75, 3.05) is 20.1 Å². The summed E-state index contributed by atoms with van der Waals surface area (Å²) in [6, 6.07) is 0.680. The van der Waals surface area contributed by atoms with E-state index in [1.54, 1.807) is 0 Å². The van der Waals surface area contributed by atoms with Gasteiger partial charge in [-0.05, 0) is 39.8 Å². The van der Waals surface area contributed by atoms with Gasteiger partial charge in [0.25, 0.3) is 0 Å². The van der Waals surface area contributed by atoms with E-state index in [1.807, 2.05) is 19.6 Å². The van der Waals surface area contributed by atoms with Crippen LogP contribution in [0.25, 0.3) is 0 Å². The van der Waals surface area contributed by atoms with Crippen molar-refractivity contribution in [1.29, 1.82) is 0 Å². The maximum Gasteiger partial charge on any atom is 0.0948 e. The summed E-state index contributed by atoms with van der Waals surface area (Å²) < 4.78 is 2.30. The molecule has 1 atom stereocenters. The zero-order valence-electron chi connectivity index (χ0n) is 11.2. The third-order valence-electron chi connectivity index (χ3n) is 3.66. The summed E-state index contributed by atoms with van der Waals surface area (Å²) in [6.07, 6.45) is 5.24. The molecule has 1 aromatic heterocycles. The zero-order valence-corrected chi connectivity index (χ0v) is 11.2. The van der Waals surface area contributed by atoms with Crippen LogP contribution in [-0.4, -0.2) is 40.6 Å². The van der Waals surface area contributed by atoms with Crippen molar-refractivity contribution in [3.63, 3.8) is 0 Å². The molecule has 0 radical (unpaired) electrons. The van der Waals surface area contributed by atoms with Gasteiger partial charge in [-0.3, -0.25) is 0 Å². The van der Waals surface area contributed by atoms with E-state index >= 15 is 0 Å². The molecule has 1 saturated heterocycles. The molecule has 2 rings (SSSR count). The van der Waals surface area contributed by atoms with Gasteiger partial charge in [0.2, 0.25) is 0 Å². The largest absolute Gasteiger partial charge is 0.333 e. The molecule has 1 unspecified atom stereocenters. The molecule has 0 spiro atoms. The first-order valence-corrected chi connectivity index (χ1v) is 6.58. The van der Waals surface area contributed by atoms with Crippen LogP contribution in [0.3, 0.4) is 0 Å². The number of likely N-dealkylation sites (tertiary alicyclic amines) is 1. The third-order valence-corrected chi connectivity index (χ3v) is 3.66. The second kappa shape index (κ2) is 5.65. The topological polar surface area (TPSA) is 33.1 Å². The Bertz CT molecular complexity index is 345. The number of hydrogen-bond donors (Lipinski definition) is 1. The molecule has 0 saturated carbocycles. The summed E-state index contributed by atoms with van der Waals surface area (Å²) in [5.74, 6) is 0.780. The summed E-state index contributed by atoms with van der Waals surface area (Å²) in [5, 5.41) is 3.19. The highest BCUT2D eigenvalue weighted by atomic mass is 15.2. The van der Waals surface area contributed by atoms with E-state index in [9.17, 15) is 0 Å². The zero-order chi connectivity index (χ0) is 12.3. The lowest BCUT2D eigenvalue weighted by Gasteiger charge is -2.20. The normalized spacial score (nSPS) is 21.5. The lowest BCUT2D eigenvalue weighted by Crippen LogP contribution is -2.29. The second-order valence-corrected chi connectivity index (χ2v) is 5.31. The molecule has 4 heteroatoms. The van der Waals surface area contributed by atoms with E-state index in [4.69, 9.17) is 0 Å². The van der Waals surface area contributed by atoms with Crippen LogP contribution < -0.4 is 5.32 Å². The molecule has 2 heterocycles. The Morgan fingerprint density at radius 3 is 3.00 bits per heavy atom. The van der Waals surface area contributed by atoms with E-state index in [0.717, 1.165) is 19.0 Å². The third kappa shape index (κ3) is 3.07. The van der Waals surface area contributed by atoms with Crippen LogP contribution in [0.2, 0.25) is 0 Å². The number of rotatable bonds is 5. The summed E-state index contributed by atoms with van der Waals surface area (Å²) in [5.41, 5.74) is 1.29. The molecule has 17 heavy (non-hydrogen) atoms. The molecule has 1 aliphatic heterocycles. The van der Waals surface area contributed by atoms with Crippen LogP contribution in [0.1, 0.15) is 26.0 Å². The highest BCUT2D eigenvalue weighted by Gasteiger charge is 2.24. The highest BCUT2D eigenvalue weighted by Crippen LogP contribution is 2.20. The Kier molecular flexibility index (Phi) is 4.18. The van der Waals surface area contributed by atoms with E-state index in [1.165, 1.54) is 25.2 Å². The van der Waals surface area contributed by atoms with Gasteiger partial charge in [-0.15, -0.1) is 0 Å². The summed E-state index contributed by atoms with van der Waals surface area (Å²) in [7, 11) is 1.98. The molecule has 0 aliphatic carbocycles. The second-order valence-electron chi connectivity index (χ2n) is 5.31. The number of aromatic nitrogens is 2. The monoisotopic (exact) mass is 236 g/mol. The maximum atomic E-state index is 4.25. The van der Waals surface area contributed by atoms with Crippen LogP contribution in [0, 0.1) is 5.92 Å². The predicted octanol–water partition coefficient (Wildman–Crippen LogP) is 1.33. The van der Waals surface area contributed by atoms with E-state index in [-0.39, 0.29) is 0 Å². The van der Waals surface area contributed by atoms with E-state index < -0.39 is 0 Å². The first kappa shape index (κ1) is 12.6. The minimum Gasteiger partial charge on any atom is -0.333 e. The van der Waals surface area contributed by atoms with Gasteiger partial charge in [-0.1, -0.05) is 0 Å². The first-order valence-electron chi connectivity index (χ1n) is 6.58. The molecule has 1 aromatic rings. The Hall–Kier alpha value is -0.870. The standard InChI is InChI=1S/C13H24N4/c1-11(2)16-5-4-12(8-16)9-17-10-15-7-13(17)6-14-3/h7,10-12,14H,4-6,8-9H2,1-3H3. The van der Waals surface area contributed by atoms with Gasteiger partial charge in [0, 0.05) is 31.9 Å². The van der Waals surface area contributed by atoms with E-state index in [2.05, 4.69) is 33.6 Å². The smallest absolute Gasteiger partial charge is 0.0948 e. The van der Waals surface area contributed by atoms with Gasteiger partial charge >= 0.3 is 0 Å². The van der Waals surface area contributed by atoms with Crippen LogP contribution >= 0.6 is 0 Å². The van der Waals surface area contributed by atoms with Crippen molar-refractivity contribution in [3.05, 3.63) is 18.2 Å². The number of nitrogens with zero attached hydrogens (tertiary/aromatic N) is 3. The lowest BCUT2D eigenvalue weighted by molar-refractivity contribution is 0.260. The minimum atomic E-state index is 0.680. The van der Waals surface area contributed by atoms with Crippen LogP contribution in [0.5, 0.6) is 0 Å². The van der Waals surface area contributed by atoms with Crippen LogP contribution in [-0.2, 0) is 13.1 Å². The quantitative estimate of drug-likeness (QED) is 0.837. The average molecular weight is 236 g/mol. The van der Waals surface area contributed by atoms with E-state index in [0.29, 0.717) is 6.04 Å². The summed E-state index contributed by atoms with van der Waals surface area (Å²) >= 11 is 0. The summed E-state index contributed by atoms with van der Waals surface area (Å²) in [4.78, 5) is 6.82. The van der Waals surface area contributed by atoms with Gasteiger partial charge < -0.3 is 14.8 Å². The van der Waals surface area contributed by atoms with Gasteiger partial charge in [0.15, 0.2) is 0 Å². The van der Waals surface area contributed by atoms with Gasteiger partial charge in [0.1, 0.15) is 0 Å². The molecule has 1 fully saturated rings. The van der Waals surface area contributed by atoms with Crippen molar-refractivity contribution in [2.24, 2.45) is 5.92 Å². The van der Waals surface area contributed by atoms with Crippen molar-refractivity contribution >= 4 is 0 Å². The number of nitrogens with one attached hydrogen (secondary N) is 1. The molecule has 0 bridgehead atoms. The fraction of sp³-hybridized carbons (Fsp3) is 0.769. The molecule has 0 aromatic carbocycles. The van der Waals surface area contributed by atoms with Crippen molar-refractivity contribution < 1.29 is 0 Å². The van der Waals surface area contributed by atoms with Crippen molar-refractivity contribution in [3.8, 4) is 0 Å². The highest BCUT2D eigenvalue weighted by molar-refractivity contribution is 4.98. The summed E-state index contributed by atoms with van der Waals surface area (Å²) in [6.45, 7) is 9.06. The van der Waals surface area contributed by atoms with Crippen LogP contribution in [0.15, 0.2) is 12.5 Å². The molecule has 1 N–H and O–H groups in total. The van der Waals surface area contributed by atoms with Gasteiger partial charge in [0.05, 0.1) is 12.0 Å². The first-order chi connectivity index (χ1) is 8.20. The Balaban J connectivity index is 1.91.